The molecule has 0 spiro atoms. The average Bonchev–Trinajstić information content (AvgIpc) is 2.76. The van der Waals surface area contributed by atoms with E-state index in [2.05, 4.69) is 6.92 Å². The van der Waals surface area contributed by atoms with Crippen molar-refractivity contribution < 1.29 is 9.47 Å². The monoisotopic (exact) mass is 227 g/mol. The van der Waals surface area contributed by atoms with Gasteiger partial charge in [0.2, 0.25) is 0 Å². The largest absolute Gasteiger partial charge is 0.376 e. The van der Waals surface area contributed by atoms with Crippen molar-refractivity contribution in [3.05, 3.63) is 0 Å². The molecule has 94 valence electrons. The SMILES string of the molecule is CC1CCC(OCC2CCC(CN)O2)CC1. The highest BCUT2D eigenvalue weighted by Crippen LogP contribution is 2.26. The molecule has 0 amide bonds. The molecule has 2 aliphatic rings. The van der Waals surface area contributed by atoms with Gasteiger partial charge in [0.25, 0.3) is 0 Å². The molecule has 0 radical (unpaired) electrons. The van der Waals surface area contributed by atoms with Crippen molar-refractivity contribution in [3.63, 3.8) is 0 Å². The van der Waals surface area contributed by atoms with Crippen molar-refractivity contribution in [1.29, 1.82) is 0 Å². The van der Waals surface area contributed by atoms with Crippen LogP contribution in [-0.2, 0) is 9.47 Å². The van der Waals surface area contributed by atoms with Crippen LogP contribution in [0, 0.1) is 5.92 Å². The standard InChI is InChI=1S/C13H25NO2/c1-10-2-4-11(5-3-10)15-9-13-7-6-12(8-14)16-13/h10-13H,2-9,14H2,1H3. The summed E-state index contributed by atoms with van der Waals surface area (Å²) in [5.41, 5.74) is 5.58. The summed E-state index contributed by atoms with van der Waals surface area (Å²) in [5, 5.41) is 0. The molecule has 0 aromatic carbocycles. The van der Waals surface area contributed by atoms with E-state index in [-0.39, 0.29) is 6.10 Å². The third-order valence-electron chi connectivity index (χ3n) is 3.94. The Balaban J connectivity index is 1.61. The van der Waals surface area contributed by atoms with Crippen molar-refractivity contribution in [3.8, 4) is 0 Å². The first-order valence-electron chi connectivity index (χ1n) is 6.75. The van der Waals surface area contributed by atoms with Gasteiger partial charge in [0, 0.05) is 6.54 Å². The number of hydrogen-bond acceptors (Lipinski definition) is 3. The molecule has 1 aliphatic carbocycles. The van der Waals surface area contributed by atoms with Crippen molar-refractivity contribution in [2.24, 2.45) is 11.7 Å². The lowest BCUT2D eigenvalue weighted by atomic mass is 9.89. The zero-order valence-corrected chi connectivity index (χ0v) is 10.4. The van der Waals surface area contributed by atoms with Crippen LogP contribution in [-0.4, -0.2) is 31.5 Å². The predicted molar refractivity (Wildman–Crippen MR) is 64.3 cm³/mol. The molecule has 2 N–H and O–H groups in total. The molecule has 2 unspecified atom stereocenters. The molecule has 2 rings (SSSR count). The normalized spacial score (nSPS) is 40.1. The van der Waals surface area contributed by atoms with Gasteiger partial charge in [-0.05, 0) is 44.4 Å². The Morgan fingerprint density at radius 1 is 1.06 bits per heavy atom. The molecule has 2 atom stereocenters. The highest BCUT2D eigenvalue weighted by molar-refractivity contribution is 4.75. The van der Waals surface area contributed by atoms with Crippen LogP contribution >= 0.6 is 0 Å². The fourth-order valence-corrected chi connectivity index (χ4v) is 2.72. The van der Waals surface area contributed by atoms with E-state index in [9.17, 15) is 0 Å². The first kappa shape index (κ1) is 12.3. The highest BCUT2D eigenvalue weighted by atomic mass is 16.5. The van der Waals surface area contributed by atoms with Crippen LogP contribution in [0.3, 0.4) is 0 Å². The Labute approximate surface area is 98.7 Å². The Morgan fingerprint density at radius 2 is 1.75 bits per heavy atom. The molecule has 3 nitrogen and oxygen atoms in total. The maximum Gasteiger partial charge on any atom is 0.0814 e. The van der Waals surface area contributed by atoms with Gasteiger partial charge in [0.1, 0.15) is 0 Å². The summed E-state index contributed by atoms with van der Waals surface area (Å²) in [6.07, 6.45) is 8.38. The van der Waals surface area contributed by atoms with E-state index in [1.54, 1.807) is 0 Å². The van der Waals surface area contributed by atoms with E-state index in [0.717, 1.165) is 25.4 Å². The minimum absolute atomic E-state index is 0.278. The zero-order chi connectivity index (χ0) is 11.4. The van der Waals surface area contributed by atoms with E-state index in [0.29, 0.717) is 18.8 Å². The molecule has 3 heteroatoms. The van der Waals surface area contributed by atoms with Gasteiger partial charge in [0.05, 0.1) is 24.9 Å². The fraction of sp³-hybridized carbons (Fsp3) is 1.00. The Morgan fingerprint density at radius 3 is 2.38 bits per heavy atom. The van der Waals surface area contributed by atoms with E-state index in [4.69, 9.17) is 15.2 Å². The zero-order valence-electron chi connectivity index (χ0n) is 10.4. The molecular formula is C13H25NO2. The van der Waals surface area contributed by atoms with E-state index in [1.165, 1.54) is 25.7 Å². The first-order chi connectivity index (χ1) is 7.78. The lowest BCUT2D eigenvalue weighted by Gasteiger charge is -2.27. The van der Waals surface area contributed by atoms with Crippen LogP contribution in [0.4, 0.5) is 0 Å². The number of ether oxygens (including phenoxy) is 2. The van der Waals surface area contributed by atoms with Crippen molar-refractivity contribution in [1.82, 2.24) is 0 Å². The van der Waals surface area contributed by atoms with Crippen LogP contribution in [0.15, 0.2) is 0 Å². The third-order valence-corrected chi connectivity index (χ3v) is 3.94. The second-order valence-corrected chi connectivity index (χ2v) is 5.41. The summed E-state index contributed by atoms with van der Waals surface area (Å²) in [7, 11) is 0. The van der Waals surface area contributed by atoms with Gasteiger partial charge in [-0.25, -0.2) is 0 Å². The third kappa shape index (κ3) is 3.44. The first-order valence-corrected chi connectivity index (χ1v) is 6.75. The second kappa shape index (κ2) is 5.99. The molecule has 0 aromatic rings. The Kier molecular flexibility index (Phi) is 4.62. The summed E-state index contributed by atoms with van der Waals surface area (Å²) >= 11 is 0. The van der Waals surface area contributed by atoms with Gasteiger partial charge in [-0.15, -0.1) is 0 Å². The molecular weight excluding hydrogens is 202 g/mol. The van der Waals surface area contributed by atoms with Crippen LogP contribution in [0.25, 0.3) is 0 Å². The fourth-order valence-electron chi connectivity index (χ4n) is 2.72. The number of hydrogen-bond donors (Lipinski definition) is 1. The maximum absolute atomic E-state index is 5.94. The smallest absolute Gasteiger partial charge is 0.0814 e. The lowest BCUT2D eigenvalue weighted by Crippen LogP contribution is -2.27. The molecule has 0 bridgehead atoms. The molecule has 16 heavy (non-hydrogen) atoms. The van der Waals surface area contributed by atoms with E-state index < -0.39 is 0 Å². The average molecular weight is 227 g/mol. The molecule has 2 fully saturated rings. The quantitative estimate of drug-likeness (QED) is 0.800. The van der Waals surface area contributed by atoms with Crippen LogP contribution in [0.2, 0.25) is 0 Å². The minimum atomic E-state index is 0.278. The highest BCUT2D eigenvalue weighted by Gasteiger charge is 2.26. The topological polar surface area (TPSA) is 44.5 Å². The van der Waals surface area contributed by atoms with Gasteiger partial charge in [-0.2, -0.15) is 0 Å². The van der Waals surface area contributed by atoms with Crippen LogP contribution < -0.4 is 5.73 Å². The van der Waals surface area contributed by atoms with Gasteiger partial charge in [0.15, 0.2) is 0 Å². The number of rotatable bonds is 4. The molecule has 1 saturated carbocycles. The van der Waals surface area contributed by atoms with E-state index in [1.807, 2.05) is 0 Å². The van der Waals surface area contributed by atoms with Crippen molar-refractivity contribution in [2.75, 3.05) is 13.2 Å². The maximum atomic E-state index is 5.94. The molecule has 1 aliphatic heterocycles. The summed E-state index contributed by atoms with van der Waals surface area (Å²) < 4.78 is 11.7. The van der Waals surface area contributed by atoms with Crippen molar-refractivity contribution in [2.45, 2.75) is 63.8 Å². The number of nitrogens with two attached hydrogens (primary N) is 1. The Hall–Kier alpha value is -0.120. The molecule has 0 aromatic heterocycles. The second-order valence-electron chi connectivity index (χ2n) is 5.41. The minimum Gasteiger partial charge on any atom is -0.376 e. The summed E-state index contributed by atoms with van der Waals surface area (Å²) in [6.45, 7) is 3.76. The van der Waals surface area contributed by atoms with Crippen LogP contribution in [0.5, 0.6) is 0 Å². The van der Waals surface area contributed by atoms with Gasteiger partial charge < -0.3 is 15.2 Å². The van der Waals surface area contributed by atoms with Crippen LogP contribution in [0.1, 0.15) is 45.4 Å². The molecule has 1 heterocycles. The van der Waals surface area contributed by atoms with Gasteiger partial charge >= 0.3 is 0 Å². The Bertz CT molecular complexity index is 200. The lowest BCUT2D eigenvalue weighted by molar-refractivity contribution is -0.0516. The van der Waals surface area contributed by atoms with Crippen molar-refractivity contribution >= 4 is 0 Å². The summed E-state index contributed by atoms with van der Waals surface area (Å²) in [5.74, 6) is 0.893. The predicted octanol–water partition coefficient (Wildman–Crippen LogP) is 2.09. The summed E-state index contributed by atoms with van der Waals surface area (Å²) in [4.78, 5) is 0. The summed E-state index contributed by atoms with van der Waals surface area (Å²) in [6, 6.07) is 0. The van der Waals surface area contributed by atoms with E-state index >= 15 is 0 Å². The molecule has 1 saturated heterocycles. The van der Waals surface area contributed by atoms with Gasteiger partial charge in [-0.1, -0.05) is 6.92 Å². The van der Waals surface area contributed by atoms with Gasteiger partial charge in [-0.3, -0.25) is 0 Å².